The van der Waals surface area contributed by atoms with E-state index in [1.807, 2.05) is 12.1 Å². The summed E-state index contributed by atoms with van der Waals surface area (Å²) in [5, 5.41) is 0. The van der Waals surface area contributed by atoms with E-state index in [0.717, 1.165) is 18.5 Å². The number of benzene rings is 1. The normalized spacial score (nSPS) is 25.1. The number of carbonyl (C=O) groups is 1. The fraction of sp³-hybridized carbons (Fsp3) is 0.500. The van der Waals surface area contributed by atoms with Crippen molar-refractivity contribution < 1.29 is 9.53 Å². The molecule has 86 valence electrons. The van der Waals surface area contributed by atoms with Crippen molar-refractivity contribution in [3.63, 3.8) is 0 Å². The van der Waals surface area contributed by atoms with Crippen LogP contribution in [0.5, 0.6) is 5.75 Å². The van der Waals surface area contributed by atoms with E-state index >= 15 is 0 Å². The van der Waals surface area contributed by atoms with Crippen molar-refractivity contribution in [2.75, 3.05) is 0 Å². The first-order valence-electron chi connectivity index (χ1n) is 6.01. The number of carbonyl (C=O) groups excluding carboxylic acids is 1. The Morgan fingerprint density at radius 1 is 1.19 bits per heavy atom. The second-order valence-electron chi connectivity index (χ2n) is 4.60. The summed E-state index contributed by atoms with van der Waals surface area (Å²) < 4.78 is 5.95. The van der Waals surface area contributed by atoms with Crippen LogP contribution in [0.4, 0.5) is 0 Å². The van der Waals surface area contributed by atoms with E-state index in [4.69, 9.17) is 4.74 Å². The van der Waals surface area contributed by atoms with Gasteiger partial charge in [0.1, 0.15) is 18.1 Å². The van der Waals surface area contributed by atoms with Gasteiger partial charge in [0.15, 0.2) is 0 Å². The molecule has 0 aromatic heterocycles. The van der Waals surface area contributed by atoms with E-state index in [1.165, 1.54) is 19.3 Å². The van der Waals surface area contributed by atoms with Crippen LogP contribution in [-0.4, -0.2) is 12.4 Å². The lowest BCUT2D eigenvalue weighted by Gasteiger charge is -2.29. The van der Waals surface area contributed by atoms with Crippen LogP contribution >= 0.6 is 0 Å². The Bertz CT molecular complexity index is 342. The van der Waals surface area contributed by atoms with Gasteiger partial charge in [0.05, 0.1) is 0 Å². The molecule has 16 heavy (non-hydrogen) atoms. The van der Waals surface area contributed by atoms with E-state index in [-0.39, 0.29) is 0 Å². The van der Waals surface area contributed by atoms with Crippen LogP contribution in [0.3, 0.4) is 0 Å². The Balaban J connectivity index is 1.99. The molecular formula is C14H18O2. The van der Waals surface area contributed by atoms with Gasteiger partial charge in [-0.1, -0.05) is 13.3 Å². The lowest BCUT2D eigenvalue weighted by atomic mass is 9.88. The largest absolute Gasteiger partial charge is 0.490 e. The minimum Gasteiger partial charge on any atom is -0.490 e. The SMILES string of the molecule is C[C@@H]1CCCC[C@H]1Oc1ccc(C=O)cc1. The van der Waals surface area contributed by atoms with E-state index in [0.29, 0.717) is 17.6 Å². The molecule has 2 nitrogen and oxygen atoms in total. The van der Waals surface area contributed by atoms with Crippen LogP contribution in [0, 0.1) is 5.92 Å². The lowest BCUT2D eigenvalue weighted by Crippen LogP contribution is -2.28. The fourth-order valence-electron chi connectivity index (χ4n) is 2.26. The molecule has 1 aromatic rings. The molecule has 1 aromatic carbocycles. The molecule has 0 saturated heterocycles. The summed E-state index contributed by atoms with van der Waals surface area (Å²) in [7, 11) is 0. The van der Waals surface area contributed by atoms with Gasteiger partial charge in [0.2, 0.25) is 0 Å². The average molecular weight is 218 g/mol. The van der Waals surface area contributed by atoms with Gasteiger partial charge >= 0.3 is 0 Å². The molecule has 1 aliphatic rings. The van der Waals surface area contributed by atoms with Gasteiger partial charge < -0.3 is 4.74 Å². The molecule has 2 heteroatoms. The molecular weight excluding hydrogens is 200 g/mol. The quantitative estimate of drug-likeness (QED) is 0.726. The van der Waals surface area contributed by atoms with Crippen LogP contribution in [0.2, 0.25) is 0 Å². The maximum absolute atomic E-state index is 10.5. The first kappa shape index (κ1) is 11.2. The van der Waals surface area contributed by atoms with Crippen molar-refractivity contribution >= 4 is 6.29 Å². The van der Waals surface area contributed by atoms with Gasteiger partial charge in [-0.25, -0.2) is 0 Å². The second-order valence-corrected chi connectivity index (χ2v) is 4.60. The molecule has 1 saturated carbocycles. The zero-order valence-corrected chi connectivity index (χ0v) is 9.69. The summed E-state index contributed by atoms with van der Waals surface area (Å²) in [6.07, 6.45) is 6.20. The van der Waals surface area contributed by atoms with Crippen molar-refractivity contribution in [2.45, 2.75) is 38.7 Å². The first-order chi connectivity index (χ1) is 7.79. The molecule has 0 amide bonds. The van der Waals surface area contributed by atoms with Crippen molar-refractivity contribution in [3.05, 3.63) is 29.8 Å². The number of rotatable bonds is 3. The topological polar surface area (TPSA) is 26.3 Å². The molecule has 1 fully saturated rings. The Kier molecular flexibility index (Phi) is 3.60. The van der Waals surface area contributed by atoms with Gasteiger partial charge in [-0.15, -0.1) is 0 Å². The molecule has 0 N–H and O–H groups in total. The highest BCUT2D eigenvalue weighted by atomic mass is 16.5. The van der Waals surface area contributed by atoms with Crippen molar-refractivity contribution in [3.8, 4) is 5.75 Å². The third kappa shape index (κ3) is 2.63. The first-order valence-corrected chi connectivity index (χ1v) is 6.01. The van der Waals surface area contributed by atoms with E-state index in [2.05, 4.69) is 6.92 Å². The van der Waals surface area contributed by atoms with Gasteiger partial charge in [-0.2, -0.15) is 0 Å². The van der Waals surface area contributed by atoms with E-state index < -0.39 is 0 Å². The summed E-state index contributed by atoms with van der Waals surface area (Å²) >= 11 is 0. The van der Waals surface area contributed by atoms with Gasteiger partial charge in [0, 0.05) is 5.56 Å². The zero-order chi connectivity index (χ0) is 11.4. The molecule has 0 radical (unpaired) electrons. The number of hydrogen-bond acceptors (Lipinski definition) is 2. The predicted octanol–water partition coefficient (Wildman–Crippen LogP) is 3.46. The number of aldehydes is 1. The summed E-state index contributed by atoms with van der Waals surface area (Å²) in [6, 6.07) is 7.36. The number of ether oxygens (including phenoxy) is 1. The fourth-order valence-corrected chi connectivity index (χ4v) is 2.26. The van der Waals surface area contributed by atoms with Crippen LogP contribution in [0.1, 0.15) is 43.0 Å². The monoisotopic (exact) mass is 218 g/mol. The highest BCUT2D eigenvalue weighted by Gasteiger charge is 2.22. The average Bonchev–Trinajstić information content (AvgIpc) is 2.33. The minimum atomic E-state index is 0.343. The third-order valence-electron chi connectivity index (χ3n) is 3.34. The predicted molar refractivity (Wildman–Crippen MR) is 63.9 cm³/mol. The molecule has 0 spiro atoms. The molecule has 0 aliphatic heterocycles. The van der Waals surface area contributed by atoms with Gasteiger partial charge in [-0.05, 0) is 49.4 Å². The molecule has 0 unspecified atom stereocenters. The number of hydrogen-bond donors (Lipinski definition) is 0. The standard InChI is InChI=1S/C14H18O2/c1-11-4-2-3-5-14(11)16-13-8-6-12(10-15)7-9-13/h6-11,14H,2-5H2,1H3/t11-,14-/m1/s1. The van der Waals surface area contributed by atoms with Crippen molar-refractivity contribution in [1.82, 2.24) is 0 Å². The van der Waals surface area contributed by atoms with Crippen molar-refractivity contribution in [2.24, 2.45) is 5.92 Å². The van der Waals surface area contributed by atoms with Crippen LogP contribution in [0.15, 0.2) is 24.3 Å². The molecule has 0 bridgehead atoms. The van der Waals surface area contributed by atoms with E-state index in [1.54, 1.807) is 12.1 Å². The Hall–Kier alpha value is -1.31. The minimum absolute atomic E-state index is 0.343. The molecule has 0 heterocycles. The maximum atomic E-state index is 10.5. The van der Waals surface area contributed by atoms with Crippen molar-refractivity contribution in [1.29, 1.82) is 0 Å². The van der Waals surface area contributed by atoms with Crippen LogP contribution < -0.4 is 4.74 Å². The van der Waals surface area contributed by atoms with Crippen LogP contribution in [-0.2, 0) is 0 Å². The molecule has 1 aliphatic carbocycles. The van der Waals surface area contributed by atoms with Crippen LogP contribution in [0.25, 0.3) is 0 Å². The Labute approximate surface area is 96.6 Å². The summed E-state index contributed by atoms with van der Waals surface area (Å²) in [5.41, 5.74) is 0.698. The molecule has 2 atom stereocenters. The zero-order valence-electron chi connectivity index (χ0n) is 9.69. The maximum Gasteiger partial charge on any atom is 0.150 e. The Morgan fingerprint density at radius 3 is 2.50 bits per heavy atom. The van der Waals surface area contributed by atoms with E-state index in [9.17, 15) is 4.79 Å². The smallest absolute Gasteiger partial charge is 0.150 e. The molecule has 2 rings (SSSR count). The summed E-state index contributed by atoms with van der Waals surface area (Å²) in [4.78, 5) is 10.5. The van der Waals surface area contributed by atoms with Gasteiger partial charge in [0.25, 0.3) is 0 Å². The highest BCUT2D eigenvalue weighted by Crippen LogP contribution is 2.27. The second kappa shape index (κ2) is 5.15. The van der Waals surface area contributed by atoms with Gasteiger partial charge in [-0.3, -0.25) is 4.79 Å². The highest BCUT2D eigenvalue weighted by molar-refractivity contribution is 5.74. The summed E-state index contributed by atoms with van der Waals surface area (Å²) in [5.74, 6) is 1.52. The summed E-state index contributed by atoms with van der Waals surface area (Å²) in [6.45, 7) is 2.25. The Morgan fingerprint density at radius 2 is 1.88 bits per heavy atom. The lowest BCUT2D eigenvalue weighted by molar-refractivity contribution is 0.102. The third-order valence-corrected chi connectivity index (χ3v) is 3.34.